The minimum absolute atomic E-state index is 0.0249. The van der Waals surface area contributed by atoms with Crippen molar-refractivity contribution >= 4 is 17.3 Å². The molecule has 0 unspecified atom stereocenters. The quantitative estimate of drug-likeness (QED) is 0.414. The second-order valence-electron chi connectivity index (χ2n) is 6.94. The standard InChI is InChI=1S/C17H30N4O2/c1-16(2,19-5)10-11-23-17(3,4)12-15(22)20-13-6-8-14(21-18)9-7-13/h6-9,19,21H,10-12,18H2,1-5H3,(H,20,22). The van der Waals surface area contributed by atoms with Gasteiger partial charge in [-0.25, -0.2) is 0 Å². The van der Waals surface area contributed by atoms with Gasteiger partial charge in [0.15, 0.2) is 0 Å². The van der Waals surface area contributed by atoms with Crippen LogP contribution in [0.5, 0.6) is 0 Å². The molecule has 130 valence electrons. The zero-order chi connectivity index (χ0) is 17.5. The topological polar surface area (TPSA) is 88.4 Å². The molecule has 5 N–H and O–H groups in total. The number of rotatable bonds is 9. The number of hydrazine groups is 1. The third-order valence-electron chi connectivity index (χ3n) is 3.82. The first-order chi connectivity index (χ1) is 10.7. The second kappa shape index (κ2) is 8.29. The number of amides is 1. The van der Waals surface area contributed by atoms with Gasteiger partial charge in [-0.05, 0) is 65.4 Å². The third kappa shape index (κ3) is 7.45. The van der Waals surface area contributed by atoms with Crippen LogP contribution in [0, 0.1) is 0 Å². The van der Waals surface area contributed by atoms with E-state index < -0.39 is 5.60 Å². The highest BCUT2D eigenvalue weighted by Crippen LogP contribution is 2.19. The molecule has 0 saturated heterocycles. The Morgan fingerprint density at radius 1 is 1.13 bits per heavy atom. The van der Waals surface area contributed by atoms with Crippen molar-refractivity contribution in [2.24, 2.45) is 5.84 Å². The summed E-state index contributed by atoms with van der Waals surface area (Å²) in [4.78, 5) is 12.2. The van der Waals surface area contributed by atoms with Crippen LogP contribution in [0.25, 0.3) is 0 Å². The molecule has 1 aromatic rings. The van der Waals surface area contributed by atoms with Crippen LogP contribution < -0.4 is 21.9 Å². The molecule has 6 heteroatoms. The second-order valence-corrected chi connectivity index (χ2v) is 6.94. The lowest BCUT2D eigenvalue weighted by Crippen LogP contribution is -2.39. The molecule has 0 radical (unpaired) electrons. The van der Waals surface area contributed by atoms with E-state index in [4.69, 9.17) is 10.6 Å². The van der Waals surface area contributed by atoms with Crippen LogP contribution in [0.2, 0.25) is 0 Å². The zero-order valence-corrected chi connectivity index (χ0v) is 14.8. The summed E-state index contributed by atoms with van der Waals surface area (Å²) in [6, 6.07) is 7.21. The number of hydrogen-bond acceptors (Lipinski definition) is 5. The number of nitrogens with two attached hydrogens (primary N) is 1. The van der Waals surface area contributed by atoms with Crippen molar-refractivity contribution in [2.45, 2.75) is 51.7 Å². The average Bonchev–Trinajstić information content (AvgIpc) is 2.46. The van der Waals surface area contributed by atoms with Crippen LogP contribution in [-0.4, -0.2) is 30.7 Å². The maximum atomic E-state index is 12.2. The fourth-order valence-corrected chi connectivity index (χ4v) is 2.00. The Hall–Kier alpha value is -1.63. The summed E-state index contributed by atoms with van der Waals surface area (Å²) in [6.45, 7) is 8.71. The number of benzene rings is 1. The van der Waals surface area contributed by atoms with E-state index in [1.807, 2.05) is 20.9 Å². The van der Waals surface area contributed by atoms with Gasteiger partial charge in [-0.15, -0.1) is 0 Å². The summed E-state index contributed by atoms with van der Waals surface area (Å²) in [5.74, 6) is 5.24. The molecule has 0 bridgehead atoms. The number of ether oxygens (including phenoxy) is 1. The Kier molecular flexibility index (Phi) is 7.00. The van der Waals surface area contributed by atoms with Crippen molar-refractivity contribution in [1.82, 2.24) is 5.32 Å². The van der Waals surface area contributed by atoms with Gasteiger partial charge in [0.1, 0.15) is 0 Å². The fourth-order valence-electron chi connectivity index (χ4n) is 2.00. The van der Waals surface area contributed by atoms with Gasteiger partial charge in [0.05, 0.1) is 12.0 Å². The van der Waals surface area contributed by atoms with Crippen molar-refractivity contribution in [2.75, 3.05) is 24.4 Å². The number of carbonyl (C=O) groups excluding carboxylic acids is 1. The van der Waals surface area contributed by atoms with E-state index in [0.717, 1.165) is 17.8 Å². The van der Waals surface area contributed by atoms with Gasteiger partial charge in [0.2, 0.25) is 5.91 Å². The van der Waals surface area contributed by atoms with Gasteiger partial charge in [-0.2, -0.15) is 0 Å². The Morgan fingerprint density at radius 2 is 1.70 bits per heavy atom. The molecule has 0 atom stereocenters. The number of hydrogen-bond donors (Lipinski definition) is 4. The summed E-state index contributed by atoms with van der Waals surface area (Å²) in [5, 5.41) is 6.10. The van der Waals surface area contributed by atoms with Gasteiger partial charge in [-0.1, -0.05) is 0 Å². The Bertz CT molecular complexity index is 498. The van der Waals surface area contributed by atoms with Crippen molar-refractivity contribution < 1.29 is 9.53 Å². The van der Waals surface area contributed by atoms with E-state index in [1.54, 1.807) is 24.3 Å². The molecule has 0 fully saturated rings. The highest BCUT2D eigenvalue weighted by Gasteiger charge is 2.24. The Labute approximate surface area is 139 Å². The van der Waals surface area contributed by atoms with Crippen molar-refractivity contribution in [3.05, 3.63) is 24.3 Å². The molecule has 1 aromatic carbocycles. The molecule has 23 heavy (non-hydrogen) atoms. The van der Waals surface area contributed by atoms with Crippen LogP contribution >= 0.6 is 0 Å². The Morgan fingerprint density at radius 3 is 2.22 bits per heavy atom. The molecular formula is C17H30N4O2. The predicted molar refractivity (Wildman–Crippen MR) is 95.3 cm³/mol. The lowest BCUT2D eigenvalue weighted by atomic mass is 10.0. The van der Waals surface area contributed by atoms with Gasteiger partial charge >= 0.3 is 0 Å². The molecule has 0 aliphatic carbocycles. The molecule has 0 aromatic heterocycles. The lowest BCUT2D eigenvalue weighted by molar-refractivity contribution is -0.122. The first kappa shape index (κ1) is 19.4. The summed E-state index contributed by atoms with van der Waals surface area (Å²) >= 11 is 0. The molecule has 0 spiro atoms. The summed E-state index contributed by atoms with van der Waals surface area (Å²) in [7, 11) is 1.93. The van der Waals surface area contributed by atoms with Crippen LogP contribution in [0.3, 0.4) is 0 Å². The monoisotopic (exact) mass is 322 g/mol. The molecule has 1 rings (SSSR count). The fraction of sp³-hybridized carbons (Fsp3) is 0.588. The zero-order valence-electron chi connectivity index (χ0n) is 14.8. The van der Waals surface area contributed by atoms with Gasteiger partial charge in [-0.3, -0.25) is 10.6 Å². The summed E-state index contributed by atoms with van der Waals surface area (Å²) < 4.78 is 5.88. The third-order valence-corrected chi connectivity index (χ3v) is 3.82. The SMILES string of the molecule is CNC(C)(C)CCOC(C)(C)CC(=O)Nc1ccc(NN)cc1. The van der Waals surface area contributed by atoms with Gasteiger partial charge in [0, 0.05) is 23.5 Å². The normalized spacial score (nSPS) is 12.1. The van der Waals surface area contributed by atoms with E-state index in [-0.39, 0.29) is 11.4 Å². The van der Waals surface area contributed by atoms with Gasteiger partial charge in [0.25, 0.3) is 0 Å². The van der Waals surface area contributed by atoms with E-state index in [9.17, 15) is 4.79 Å². The molecule has 0 heterocycles. The van der Waals surface area contributed by atoms with Crippen molar-refractivity contribution in [1.29, 1.82) is 0 Å². The highest BCUT2D eigenvalue weighted by molar-refractivity contribution is 5.91. The largest absolute Gasteiger partial charge is 0.375 e. The summed E-state index contributed by atoms with van der Waals surface area (Å²) in [5.41, 5.74) is 3.59. The molecule has 0 saturated carbocycles. The molecule has 0 aliphatic heterocycles. The number of nitrogens with one attached hydrogen (secondary N) is 3. The summed E-state index contributed by atoms with van der Waals surface area (Å²) in [6.07, 6.45) is 1.17. The molecule has 6 nitrogen and oxygen atoms in total. The first-order valence-electron chi connectivity index (χ1n) is 7.87. The van der Waals surface area contributed by atoms with Crippen molar-refractivity contribution in [3.8, 4) is 0 Å². The van der Waals surface area contributed by atoms with Crippen molar-refractivity contribution in [3.63, 3.8) is 0 Å². The smallest absolute Gasteiger partial charge is 0.227 e. The Balaban J connectivity index is 2.44. The van der Waals surface area contributed by atoms with Crippen LogP contribution in [0.1, 0.15) is 40.5 Å². The molecule has 0 aliphatic rings. The molecular weight excluding hydrogens is 292 g/mol. The number of carbonyl (C=O) groups is 1. The lowest BCUT2D eigenvalue weighted by Gasteiger charge is -2.29. The van der Waals surface area contributed by atoms with E-state index in [2.05, 4.69) is 29.9 Å². The minimum atomic E-state index is -0.507. The maximum Gasteiger partial charge on any atom is 0.227 e. The average molecular weight is 322 g/mol. The van der Waals surface area contributed by atoms with Crippen LogP contribution in [-0.2, 0) is 9.53 Å². The number of anilines is 2. The number of nitrogen functional groups attached to an aromatic ring is 1. The van der Waals surface area contributed by atoms with Crippen LogP contribution in [0.4, 0.5) is 11.4 Å². The first-order valence-corrected chi connectivity index (χ1v) is 7.87. The van der Waals surface area contributed by atoms with E-state index in [0.29, 0.717) is 13.0 Å². The maximum absolute atomic E-state index is 12.2. The molecule has 1 amide bonds. The predicted octanol–water partition coefficient (Wildman–Crippen LogP) is 2.48. The van der Waals surface area contributed by atoms with Crippen LogP contribution in [0.15, 0.2) is 24.3 Å². The van der Waals surface area contributed by atoms with E-state index in [1.165, 1.54) is 0 Å². The highest BCUT2D eigenvalue weighted by atomic mass is 16.5. The van der Waals surface area contributed by atoms with E-state index >= 15 is 0 Å². The minimum Gasteiger partial charge on any atom is -0.375 e. The van der Waals surface area contributed by atoms with Gasteiger partial charge < -0.3 is 20.8 Å².